The maximum Gasteiger partial charge on any atom is 0.371 e. The fourth-order valence-electron chi connectivity index (χ4n) is 1.34. The highest BCUT2D eigenvalue weighted by Gasteiger charge is 2.13. The van der Waals surface area contributed by atoms with Crippen molar-refractivity contribution in [3.8, 4) is 5.75 Å². The number of benzene rings is 1. The molecule has 1 aromatic heterocycles. The topological polar surface area (TPSA) is 70.7 Å². The van der Waals surface area contributed by atoms with E-state index < -0.39 is 5.97 Å². The van der Waals surface area contributed by atoms with Crippen LogP contribution in [-0.2, 0) is 0 Å². The van der Waals surface area contributed by atoms with E-state index in [1.54, 1.807) is 13.0 Å². The van der Waals surface area contributed by atoms with Gasteiger partial charge in [0.1, 0.15) is 11.3 Å². The lowest BCUT2D eigenvalue weighted by atomic mass is 10.1. The zero-order valence-corrected chi connectivity index (χ0v) is 7.44. The first-order valence-corrected chi connectivity index (χ1v) is 4.05. The van der Waals surface area contributed by atoms with E-state index in [1.165, 1.54) is 12.1 Å². The Bertz CT molecular complexity index is 510. The third-order valence-corrected chi connectivity index (χ3v) is 2.12. The van der Waals surface area contributed by atoms with Crippen LogP contribution in [0.1, 0.15) is 16.1 Å². The normalized spacial score (nSPS) is 10.6. The molecule has 4 nitrogen and oxygen atoms in total. The number of hydrogen-bond acceptors (Lipinski definition) is 3. The van der Waals surface area contributed by atoms with Crippen LogP contribution < -0.4 is 0 Å². The summed E-state index contributed by atoms with van der Waals surface area (Å²) in [5, 5.41) is 18.7. The first-order valence-electron chi connectivity index (χ1n) is 4.05. The fourth-order valence-corrected chi connectivity index (χ4v) is 1.34. The van der Waals surface area contributed by atoms with Gasteiger partial charge in [0.15, 0.2) is 0 Å². The van der Waals surface area contributed by atoms with Crippen molar-refractivity contribution in [1.29, 1.82) is 0 Å². The van der Waals surface area contributed by atoms with E-state index in [9.17, 15) is 9.90 Å². The van der Waals surface area contributed by atoms with Crippen LogP contribution in [-0.4, -0.2) is 16.2 Å². The van der Waals surface area contributed by atoms with E-state index in [0.29, 0.717) is 16.5 Å². The van der Waals surface area contributed by atoms with Crippen molar-refractivity contribution in [2.75, 3.05) is 0 Å². The molecule has 0 aliphatic rings. The van der Waals surface area contributed by atoms with Crippen LogP contribution in [0, 0.1) is 6.92 Å². The molecule has 2 N–H and O–H groups in total. The maximum atomic E-state index is 10.6. The molecule has 1 aromatic carbocycles. The standard InChI is InChI=1S/C10H8O4/c1-5-7(11)3-2-6-4-8(10(12)13)14-9(5)6/h2-4,11H,1H3,(H,12,13). The van der Waals surface area contributed by atoms with Gasteiger partial charge in [-0.25, -0.2) is 4.79 Å². The van der Waals surface area contributed by atoms with Gasteiger partial charge in [-0.15, -0.1) is 0 Å². The van der Waals surface area contributed by atoms with Gasteiger partial charge < -0.3 is 14.6 Å². The van der Waals surface area contributed by atoms with Crippen molar-refractivity contribution >= 4 is 16.9 Å². The molecular formula is C10H8O4. The van der Waals surface area contributed by atoms with Gasteiger partial charge in [-0.1, -0.05) is 0 Å². The molecule has 0 amide bonds. The fraction of sp³-hybridized carbons (Fsp3) is 0.100. The van der Waals surface area contributed by atoms with E-state index >= 15 is 0 Å². The highest BCUT2D eigenvalue weighted by molar-refractivity contribution is 5.92. The Hall–Kier alpha value is -1.97. The molecule has 0 saturated carbocycles. The summed E-state index contributed by atoms with van der Waals surface area (Å²) in [4.78, 5) is 10.6. The molecule has 72 valence electrons. The zero-order chi connectivity index (χ0) is 10.3. The number of aromatic carboxylic acids is 1. The Kier molecular flexibility index (Phi) is 1.70. The molecule has 0 saturated heterocycles. The Morgan fingerprint density at radius 2 is 2.14 bits per heavy atom. The number of fused-ring (bicyclic) bond motifs is 1. The average Bonchev–Trinajstić information content (AvgIpc) is 2.56. The summed E-state index contributed by atoms with van der Waals surface area (Å²) in [6.07, 6.45) is 0. The Balaban J connectivity index is 2.77. The van der Waals surface area contributed by atoms with Gasteiger partial charge >= 0.3 is 5.97 Å². The molecule has 14 heavy (non-hydrogen) atoms. The first kappa shape index (κ1) is 8.62. The summed E-state index contributed by atoms with van der Waals surface area (Å²) < 4.78 is 5.08. The summed E-state index contributed by atoms with van der Waals surface area (Å²) in [7, 11) is 0. The molecule has 2 rings (SSSR count). The van der Waals surface area contributed by atoms with Crippen LogP contribution in [0.25, 0.3) is 11.0 Å². The second kappa shape index (κ2) is 2.77. The molecule has 0 fully saturated rings. The number of aryl methyl sites for hydroxylation is 1. The summed E-state index contributed by atoms with van der Waals surface area (Å²) in [6.45, 7) is 1.67. The number of carboxylic acid groups (broad SMARTS) is 1. The van der Waals surface area contributed by atoms with Crippen LogP contribution in [0.3, 0.4) is 0 Å². The molecule has 0 radical (unpaired) electrons. The molecule has 4 heteroatoms. The lowest BCUT2D eigenvalue weighted by Gasteiger charge is -1.96. The van der Waals surface area contributed by atoms with Crippen molar-refractivity contribution in [3.63, 3.8) is 0 Å². The highest BCUT2D eigenvalue weighted by atomic mass is 16.4. The average molecular weight is 192 g/mol. The predicted octanol–water partition coefficient (Wildman–Crippen LogP) is 2.15. The number of hydrogen-bond donors (Lipinski definition) is 2. The maximum absolute atomic E-state index is 10.6. The SMILES string of the molecule is Cc1c(O)ccc2cc(C(=O)O)oc12. The predicted molar refractivity (Wildman–Crippen MR) is 49.6 cm³/mol. The largest absolute Gasteiger partial charge is 0.508 e. The van der Waals surface area contributed by atoms with E-state index in [0.717, 1.165) is 0 Å². The number of phenolic OH excluding ortho intramolecular Hbond substituents is 1. The van der Waals surface area contributed by atoms with Gasteiger partial charge in [-0.05, 0) is 25.1 Å². The number of furan rings is 1. The van der Waals surface area contributed by atoms with Crippen molar-refractivity contribution in [2.45, 2.75) is 6.92 Å². The van der Waals surface area contributed by atoms with Crippen LogP contribution in [0.2, 0.25) is 0 Å². The monoisotopic (exact) mass is 192 g/mol. The van der Waals surface area contributed by atoms with Crippen LogP contribution in [0.5, 0.6) is 5.75 Å². The van der Waals surface area contributed by atoms with Gasteiger partial charge in [-0.3, -0.25) is 0 Å². The third-order valence-electron chi connectivity index (χ3n) is 2.12. The Labute approximate surface area is 79.4 Å². The molecule has 0 spiro atoms. The molecule has 0 atom stereocenters. The van der Waals surface area contributed by atoms with Gasteiger partial charge in [0, 0.05) is 10.9 Å². The number of aromatic hydroxyl groups is 1. The van der Waals surface area contributed by atoms with E-state index in [2.05, 4.69) is 0 Å². The van der Waals surface area contributed by atoms with Crippen molar-refractivity contribution in [2.24, 2.45) is 0 Å². The molecule has 0 aliphatic heterocycles. The lowest BCUT2D eigenvalue weighted by Crippen LogP contribution is -1.91. The zero-order valence-electron chi connectivity index (χ0n) is 7.44. The first-order chi connectivity index (χ1) is 6.59. The van der Waals surface area contributed by atoms with E-state index in [1.807, 2.05) is 0 Å². The number of carboxylic acids is 1. The summed E-state index contributed by atoms with van der Waals surface area (Å²) >= 11 is 0. The van der Waals surface area contributed by atoms with Gasteiger partial charge in [0.05, 0.1) is 0 Å². The van der Waals surface area contributed by atoms with Gasteiger partial charge in [-0.2, -0.15) is 0 Å². The quantitative estimate of drug-likeness (QED) is 0.726. The van der Waals surface area contributed by atoms with Crippen LogP contribution in [0.4, 0.5) is 0 Å². The molecule has 2 aromatic rings. The van der Waals surface area contributed by atoms with Crippen molar-refractivity contribution in [1.82, 2.24) is 0 Å². The van der Waals surface area contributed by atoms with Crippen LogP contribution in [0.15, 0.2) is 22.6 Å². The summed E-state index contributed by atoms with van der Waals surface area (Å²) in [5.41, 5.74) is 0.970. The summed E-state index contributed by atoms with van der Waals surface area (Å²) in [6, 6.07) is 4.57. The molecule has 0 aliphatic carbocycles. The smallest absolute Gasteiger partial charge is 0.371 e. The Morgan fingerprint density at radius 3 is 2.79 bits per heavy atom. The highest BCUT2D eigenvalue weighted by Crippen LogP contribution is 2.28. The number of phenols is 1. The third kappa shape index (κ3) is 1.12. The van der Waals surface area contributed by atoms with Crippen molar-refractivity contribution < 1.29 is 19.4 Å². The second-order valence-electron chi connectivity index (χ2n) is 3.04. The Morgan fingerprint density at radius 1 is 1.43 bits per heavy atom. The minimum atomic E-state index is -1.11. The van der Waals surface area contributed by atoms with Gasteiger partial charge in [0.25, 0.3) is 0 Å². The minimum Gasteiger partial charge on any atom is -0.508 e. The molecule has 1 heterocycles. The van der Waals surface area contributed by atoms with Crippen LogP contribution >= 0.6 is 0 Å². The number of carbonyl (C=O) groups is 1. The second-order valence-corrected chi connectivity index (χ2v) is 3.04. The number of rotatable bonds is 1. The molecule has 0 bridgehead atoms. The van der Waals surface area contributed by atoms with E-state index in [-0.39, 0.29) is 11.5 Å². The molecule has 0 unspecified atom stereocenters. The van der Waals surface area contributed by atoms with Crippen molar-refractivity contribution in [3.05, 3.63) is 29.5 Å². The minimum absolute atomic E-state index is 0.101. The summed E-state index contributed by atoms with van der Waals surface area (Å²) in [5.74, 6) is -1.13. The van der Waals surface area contributed by atoms with E-state index in [4.69, 9.17) is 9.52 Å². The van der Waals surface area contributed by atoms with Gasteiger partial charge in [0.2, 0.25) is 5.76 Å². The molecular weight excluding hydrogens is 184 g/mol. The lowest BCUT2D eigenvalue weighted by molar-refractivity contribution is 0.0665.